The van der Waals surface area contributed by atoms with Gasteiger partial charge in [-0.2, -0.15) is 8.42 Å². The predicted octanol–water partition coefficient (Wildman–Crippen LogP) is -0.846. The minimum atomic E-state index is -4.19. The standard InChI is InChI=1S/C14H20O8S/c1-8-3-5-9(6-4-8)23(18,19)22-13-12(17)11(16)10(7-15)21-14(13)20-2/h3-6,10-17H,7H2,1-2H3/t10-,11+,12-,13+,14-/m0/s1. The van der Waals surface area contributed by atoms with E-state index >= 15 is 0 Å². The van der Waals surface area contributed by atoms with Gasteiger partial charge in [0.05, 0.1) is 11.5 Å². The first-order valence-corrected chi connectivity index (χ1v) is 8.36. The third-order valence-corrected chi connectivity index (χ3v) is 4.93. The van der Waals surface area contributed by atoms with Crippen LogP contribution < -0.4 is 0 Å². The lowest BCUT2D eigenvalue weighted by atomic mass is 9.99. The zero-order valence-corrected chi connectivity index (χ0v) is 13.5. The number of rotatable bonds is 5. The molecule has 0 bridgehead atoms. The average molecular weight is 348 g/mol. The molecule has 8 nitrogen and oxygen atoms in total. The van der Waals surface area contributed by atoms with Crippen LogP contribution in [0.15, 0.2) is 29.2 Å². The third-order valence-electron chi connectivity index (χ3n) is 3.60. The van der Waals surface area contributed by atoms with Crippen LogP contribution in [-0.2, 0) is 23.8 Å². The van der Waals surface area contributed by atoms with Crippen molar-refractivity contribution in [3.05, 3.63) is 29.8 Å². The number of ether oxygens (including phenoxy) is 2. The summed E-state index contributed by atoms with van der Waals surface area (Å²) in [7, 11) is -2.96. The van der Waals surface area contributed by atoms with Gasteiger partial charge in [0.25, 0.3) is 10.1 Å². The van der Waals surface area contributed by atoms with E-state index in [0.717, 1.165) is 5.56 Å². The quantitative estimate of drug-likeness (QED) is 0.589. The largest absolute Gasteiger partial charge is 0.394 e. The van der Waals surface area contributed by atoms with Crippen LogP contribution in [0.1, 0.15) is 5.56 Å². The fraction of sp³-hybridized carbons (Fsp3) is 0.571. The minimum absolute atomic E-state index is 0.0936. The topological polar surface area (TPSA) is 123 Å². The van der Waals surface area contributed by atoms with Crippen molar-refractivity contribution in [3.63, 3.8) is 0 Å². The Labute approximate surface area is 134 Å². The molecule has 3 N–H and O–H groups in total. The summed E-state index contributed by atoms with van der Waals surface area (Å²) >= 11 is 0. The molecule has 0 aromatic heterocycles. The highest BCUT2D eigenvalue weighted by atomic mass is 32.2. The number of benzene rings is 1. The molecule has 1 aromatic rings. The number of methoxy groups -OCH3 is 1. The predicted molar refractivity (Wildman–Crippen MR) is 78.0 cm³/mol. The van der Waals surface area contributed by atoms with E-state index in [9.17, 15) is 18.6 Å². The fourth-order valence-corrected chi connectivity index (χ4v) is 3.33. The van der Waals surface area contributed by atoms with Crippen molar-refractivity contribution in [2.45, 2.75) is 42.5 Å². The van der Waals surface area contributed by atoms with Gasteiger partial charge in [-0.15, -0.1) is 0 Å². The number of aryl methyl sites for hydroxylation is 1. The lowest BCUT2D eigenvalue weighted by Crippen LogP contribution is -2.60. The summed E-state index contributed by atoms with van der Waals surface area (Å²) < 4.78 is 39.8. The van der Waals surface area contributed by atoms with Crippen molar-refractivity contribution >= 4 is 10.1 Å². The van der Waals surface area contributed by atoms with Gasteiger partial charge in [-0.1, -0.05) is 17.7 Å². The molecule has 1 aromatic carbocycles. The van der Waals surface area contributed by atoms with Crippen LogP contribution in [0.25, 0.3) is 0 Å². The van der Waals surface area contributed by atoms with E-state index in [4.69, 9.17) is 18.8 Å². The first-order chi connectivity index (χ1) is 10.8. The first kappa shape index (κ1) is 18.3. The van der Waals surface area contributed by atoms with Gasteiger partial charge in [0.1, 0.15) is 18.3 Å². The molecular formula is C14H20O8S. The van der Waals surface area contributed by atoms with Crippen LogP contribution in [0.4, 0.5) is 0 Å². The maximum Gasteiger partial charge on any atom is 0.297 e. The van der Waals surface area contributed by atoms with E-state index in [0.29, 0.717) is 0 Å². The Morgan fingerprint density at radius 1 is 1.17 bits per heavy atom. The molecule has 1 heterocycles. The van der Waals surface area contributed by atoms with Gasteiger partial charge < -0.3 is 24.8 Å². The molecule has 1 aliphatic rings. The van der Waals surface area contributed by atoms with Crippen molar-refractivity contribution in [1.29, 1.82) is 0 Å². The Kier molecular flexibility index (Phi) is 5.74. The Morgan fingerprint density at radius 2 is 1.78 bits per heavy atom. The molecule has 9 heteroatoms. The molecule has 0 spiro atoms. The first-order valence-electron chi connectivity index (χ1n) is 6.95. The van der Waals surface area contributed by atoms with E-state index in [1.807, 2.05) is 6.92 Å². The molecule has 0 aliphatic carbocycles. The second kappa shape index (κ2) is 7.22. The van der Waals surface area contributed by atoms with E-state index < -0.39 is 47.4 Å². The summed E-state index contributed by atoms with van der Waals surface area (Å²) in [5, 5.41) is 29.0. The molecule has 2 rings (SSSR count). The van der Waals surface area contributed by atoms with Gasteiger partial charge in [0.2, 0.25) is 0 Å². The van der Waals surface area contributed by atoms with Crippen LogP contribution in [0.2, 0.25) is 0 Å². The Hall–Kier alpha value is -1.07. The van der Waals surface area contributed by atoms with Crippen LogP contribution in [0.5, 0.6) is 0 Å². The molecule has 0 amide bonds. The summed E-state index contributed by atoms with van der Waals surface area (Å²) in [6.45, 7) is 1.25. The molecule has 1 fully saturated rings. The summed E-state index contributed by atoms with van der Waals surface area (Å²) in [5.74, 6) is 0. The maximum absolute atomic E-state index is 12.3. The maximum atomic E-state index is 12.3. The number of hydrogen-bond donors (Lipinski definition) is 3. The second-order valence-electron chi connectivity index (χ2n) is 5.27. The van der Waals surface area contributed by atoms with E-state index in [1.165, 1.54) is 19.2 Å². The van der Waals surface area contributed by atoms with Gasteiger partial charge in [-0.25, -0.2) is 0 Å². The Morgan fingerprint density at radius 3 is 2.30 bits per heavy atom. The lowest BCUT2D eigenvalue weighted by molar-refractivity contribution is -0.288. The van der Waals surface area contributed by atoms with E-state index in [-0.39, 0.29) is 4.90 Å². The lowest BCUT2D eigenvalue weighted by Gasteiger charge is -2.40. The van der Waals surface area contributed by atoms with Crippen LogP contribution >= 0.6 is 0 Å². The summed E-state index contributed by atoms with van der Waals surface area (Å²) in [6.07, 6.45) is -6.94. The van der Waals surface area contributed by atoms with Crippen molar-refractivity contribution in [2.24, 2.45) is 0 Å². The van der Waals surface area contributed by atoms with Gasteiger partial charge in [-0.05, 0) is 19.1 Å². The summed E-state index contributed by atoms with van der Waals surface area (Å²) in [5.41, 5.74) is 0.876. The van der Waals surface area contributed by atoms with Crippen molar-refractivity contribution in [3.8, 4) is 0 Å². The Bertz CT molecular complexity index is 612. The molecule has 1 saturated heterocycles. The van der Waals surface area contributed by atoms with Crippen LogP contribution in [0.3, 0.4) is 0 Å². The Balaban J connectivity index is 2.24. The van der Waals surface area contributed by atoms with Crippen LogP contribution in [0, 0.1) is 6.92 Å². The van der Waals surface area contributed by atoms with Gasteiger partial charge in [0, 0.05) is 7.11 Å². The SMILES string of the molecule is CO[C@H]1O[C@@H](CO)[C@@H](O)[C@H](O)[C@H]1OS(=O)(=O)c1ccc(C)cc1. The van der Waals surface area contributed by atoms with Crippen molar-refractivity contribution in [2.75, 3.05) is 13.7 Å². The molecule has 5 atom stereocenters. The zero-order valence-electron chi connectivity index (χ0n) is 12.7. The molecule has 130 valence electrons. The highest BCUT2D eigenvalue weighted by molar-refractivity contribution is 7.86. The van der Waals surface area contributed by atoms with Crippen molar-refractivity contribution in [1.82, 2.24) is 0 Å². The second-order valence-corrected chi connectivity index (χ2v) is 6.84. The average Bonchev–Trinajstić information content (AvgIpc) is 2.52. The summed E-state index contributed by atoms with van der Waals surface area (Å²) in [6, 6.07) is 5.95. The number of hydrogen-bond acceptors (Lipinski definition) is 8. The molecular weight excluding hydrogens is 328 g/mol. The van der Waals surface area contributed by atoms with Crippen LogP contribution in [-0.4, -0.2) is 68.2 Å². The van der Waals surface area contributed by atoms with Gasteiger partial charge >= 0.3 is 0 Å². The molecule has 0 saturated carbocycles. The molecule has 1 aliphatic heterocycles. The summed E-state index contributed by atoms with van der Waals surface area (Å²) in [4.78, 5) is -0.0936. The van der Waals surface area contributed by atoms with E-state index in [2.05, 4.69) is 0 Å². The zero-order chi connectivity index (χ0) is 17.2. The third kappa shape index (κ3) is 3.89. The smallest absolute Gasteiger partial charge is 0.297 e. The highest BCUT2D eigenvalue weighted by Gasteiger charge is 2.47. The minimum Gasteiger partial charge on any atom is -0.394 e. The number of aliphatic hydroxyl groups is 3. The molecule has 0 radical (unpaired) electrons. The monoisotopic (exact) mass is 348 g/mol. The fourth-order valence-electron chi connectivity index (χ4n) is 2.26. The van der Waals surface area contributed by atoms with Gasteiger partial charge in [-0.3, -0.25) is 4.18 Å². The molecule has 23 heavy (non-hydrogen) atoms. The van der Waals surface area contributed by atoms with Crippen molar-refractivity contribution < 1.29 is 37.4 Å². The highest BCUT2D eigenvalue weighted by Crippen LogP contribution is 2.27. The van der Waals surface area contributed by atoms with Gasteiger partial charge in [0.15, 0.2) is 12.4 Å². The normalized spacial score (nSPS) is 32.0. The number of aliphatic hydroxyl groups excluding tert-OH is 3. The molecule has 0 unspecified atom stereocenters. The van der Waals surface area contributed by atoms with E-state index in [1.54, 1.807) is 12.1 Å².